The summed E-state index contributed by atoms with van der Waals surface area (Å²) in [5.41, 5.74) is 2.35. The van der Waals surface area contributed by atoms with Gasteiger partial charge >= 0.3 is 11.7 Å². The lowest BCUT2D eigenvalue weighted by Gasteiger charge is -2.31. The number of aromatic amines is 1. The third kappa shape index (κ3) is 4.65. The van der Waals surface area contributed by atoms with E-state index in [0.29, 0.717) is 31.8 Å². The molecular weight excluding hydrogens is 444 g/mol. The first-order valence-electron chi connectivity index (χ1n) is 11.6. The number of hydrogen-bond acceptors (Lipinski definition) is 4. The van der Waals surface area contributed by atoms with Gasteiger partial charge in [-0.1, -0.05) is 60.7 Å². The molecule has 1 aliphatic rings. The quantitative estimate of drug-likeness (QED) is 0.476. The van der Waals surface area contributed by atoms with Crippen LogP contribution in [0.25, 0.3) is 22.5 Å². The fourth-order valence-corrected chi connectivity index (χ4v) is 4.41. The second-order valence-corrected chi connectivity index (χ2v) is 8.66. The van der Waals surface area contributed by atoms with Crippen LogP contribution in [-0.2, 0) is 7.05 Å². The molecule has 178 valence electrons. The number of nitrogens with one attached hydrogen (secondary N) is 2. The number of anilines is 1. The summed E-state index contributed by atoms with van der Waals surface area (Å²) in [6.45, 7) is 0.907. The molecule has 4 aromatic rings. The van der Waals surface area contributed by atoms with Crippen LogP contribution in [0.1, 0.15) is 18.9 Å². The minimum atomic E-state index is -0.329. The Morgan fingerprint density at radius 1 is 0.943 bits per heavy atom. The van der Waals surface area contributed by atoms with Crippen LogP contribution in [0.2, 0.25) is 0 Å². The van der Waals surface area contributed by atoms with Crippen molar-refractivity contribution in [2.45, 2.75) is 18.9 Å². The maximum absolute atomic E-state index is 13.0. The number of carbonyl (C=O) groups is 1. The van der Waals surface area contributed by atoms with Crippen molar-refractivity contribution in [1.82, 2.24) is 24.2 Å². The summed E-state index contributed by atoms with van der Waals surface area (Å²) >= 11 is 0. The van der Waals surface area contributed by atoms with E-state index in [2.05, 4.69) is 15.4 Å². The van der Waals surface area contributed by atoms with E-state index in [1.807, 2.05) is 60.7 Å². The highest BCUT2D eigenvalue weighted by Gasteiger charge is 2.26. The molecule has 2 aromatic heterocycles. The number of pyridine rings is 1. The first-order chi connectivity index (χ1) is 17.0. The van der Waals surface area contributed by atoms with Gasteiger partial charge in [0.1, 0.15) is 5.69 Å². The zero-order chi connectivity index (χ0) is 24.4. The third-order valence-corrected chi connectivity index (χ3v) is 6.32. The summed E-state index contributed by atoms with van der Waals surface area (Å²) in [5.74, 6) is 0.532. The second kappa shape index (κ2) is 9.46. The Hall–Kier alpha value is -4.40. The summed E-state index contributed by atoms with van der Waals surface area (Å²) in [6, 6.07) is 20.5. The molecule has 0 bridgehead atoms. The number of hydrogen-bond donors (Lipinski definition) is 2. The largest absolute Gasteiger partial charge is 0.343 e. The van der Waals surface area contributed by atoms with Crippen LogP contribution in [0.3, 0.4) is 0 Å². The lowest BCUT2D eigenvalue weighted by Crippen LogP contribution is -2.43. The highest BCUT2D eigenvalue weighted by Crippen LogP contribution is 2.23. The van der Waals surface area contributed by atoms with E-state index < -0.39 is 0 Å². The molecule has 1 saturated heterocycles. The first kappa shape index (κ1) is 22.4. The van der Waals surface area contributed by atoms with E-state index in [0.717, 1.165) is 16.7 Å². The number of likely N-dealkylation sites (tertiary alicyclic amines) is 1. The van der Waals surface area contributed by atoms with Gasteiger partial charge in [0.15, 0.2) is 5.82 Å². The van der Waals surface area contributed by atoms with Crippen molar-refractivity contribution in [2.24, 2.45) is 7.05 Å². The number of rotatable bonds is 4. The topological polar surface area (TPSA) is 105 Å². The van der Waals surface area contributed by atoms with Crippen LogP contribution in [-0.4, -0.2) is 43.4 Å². The number of piperidine rings is 1. The van der Waals surface area contributed by atoms with E-state index in [-0.39, 0.29) is 29.0 Å². The molecule has 0 saturated carbocycles. The molecule has 0 radical (unpaired) electrons. The van der Waals surface area contributed by atoms with Crippen molar-refractivity contribution in [3.05, 3.63) is 93.8 Å². The predicted octanol–water partition coefficient (Wildman–Crippen LogP) is 3.47. The van der Waals surface area contributed by atoms with Crippen LogP contribution in [0, 0.1) is 0 Å². The van der Waals surface area contributed by atoms with Crippen molar-refractivity contribution < 1.29 is 4.79 Å². The number of aryl methyl sites for hydroxylation is 1. The molecule has 0 spiro atoms. The minimum absolute atomic E-state index is 0.102. The number of H-pyrrole nitrogens is 1. The number of amides is 2. The molecular formula is C26H26N6O3. The normalized spacial score (nSPS) is 14.1. The Kier molecular flexibility index (Phi) is 6.05. The maximum Gasteiger partial charge on any atom is 0.343 e. The van der Waals surface area contributed by atoms with Gasteiger partial charge in [0.05, 0.1) is 6.04 Å². The summed E-state index contributed by atoms with van der Waals surface area (Å²) in [7, 11) is 1.67. The molecule has 0 atom stereocenters. The molecule has 9 heteroatoms. The molecule has 1 fully saturated rings. The fourth-order valence-electron chi connectivity index (χ4n) is 4.41. The lowest BCUT2D eigenvalue weighted by molar-refractivity contribution is 0.179. The minimum Gasteiger partial charge on any atom is -0.324 e. The van der Waals surface area contributed by atoms with Gasteiger partial charge in [0, 0.05) is 37.5 Å². The van der Waals surface area contributed by atoms with Crippen LogP contribution in [0.15, 0.2) is 82.5 Å². The monoisotopic (exact) mass is 470 g/mol. The number of nitrogens with zero attached hydrogens (tertiary/aromatic N) is 4. The zero-order valence-electron chi connectivity index (χ0n) is 19.3. The molecule has 3 heterocycles. The smallest absolute Gasteiger partial charge is 0.324 e. The average molecular weight is 471 g/mol. The van der Waals surface area contributed by atoms with Gasteiger partial charge in [-0.2, -0.15) is 0 Å². The zero-order valence-corrected chi connectivity index (χ0v) is 19.3. The highest BCUT2D eigenvalue weighted by atomic mass is 16.2. The van der Waals surface area contributed by atoms with Crippen LogP contribution in [0.5, 0.6) is 0 Å². The molecule has 2 aromatic carbocycles. The lowest BCUT2D eigenvalue weighted by atomic mass is 10.1. The fraction of sp³-hybridized carbons (Fsp3) is 0.231. The number of aromatic nitrogens is 4. The Morgan fingerprint density at radius 3 is 2.23 bits per heavy atom. The van der Waals surface area contributed by atoms with Gasteiger partial charge in [-0.05, 0) is 24.5 Å². The number of carbonyl (C=O) groups excluding carboxylic acids is 1. The molecule has 9 nitrogen and oxygen atoms in total. The molecule has 5 rings (SSSR count). The SMILES string of the molecule is Cn1cc(-c2ccccc2)cc(NC(=O)N2CCC(n3nc(-c4ccccc4)[nH]c3=O)CC2)c1=O. The van der Waals surface area contributed by atoms with Gasteiger partial charge in [-0.15, -0.1) is 5.10 Å². The second-order valence-electron chi connectivity index (χ2n) is 8.66. The third-order valence-electron chi connectivity index (χ3n) is 6.32. The van der Waals surface area contributed by atoms with E-state index in [9.17, 15) is 14.4 Å². The van der Waals surface area contributed by atoms with Crippen molar-refractivity contribution >= 4 is 11.7 Å². The van der Waals surface area contributed by atoms with Crippen LogP contribution >= 0.6 is 0 Å². The molecule has 0 unspecified atom stereocenters. The van der Waals surface area contributed by atoms with Gasteiger partial charge < -0.3 is 14.8 Å². The van der Waals surface area contributed by atoms with Gasteiger partial charge in [0.25, 0.3) is 5.56 Å². The first-order valence-corrected chi connectivity index (χ1v) is 11.6. The Bertz CT molecular complexity index is 1450. The summed E-state index contributed by atoms with van der Waals surface area (Å²) in [4.78, 5) is 42.6. The molecule has 2 N–H and O–H groups in total. The van der Waals surface area contributed by atoms with Crippen molar-refractivity contribution in [2.75, 3.05) is 18.4 Å². The summed E-state index contributed by atoms with van der Waals surface area (Å²) in [6.07, 6.45) is 2.94. The number of benzene rings is 2. The van der Waals surface area contributed by atoms with Crippen LogP contribution in [0.4, 0.5) is 10.5 Å². The van der Waals surface area contributed by atoms with Crippen molar-refractivity contribution in [3.8, 4) is 22.5 Å². The molecule has 1 aliphatic heterocycles. The Labute approximate surface area is 201 Å². The van der Waals surface area contributed by atoms with Crippen molar-refractivity contribution in [1.29, 1.82) is 0 Å². The molecule has 35 heavy (non-hydrogen) atoms. The van der Waals surface area contributed by atoms with Crippen LogP contribution < -0.4 is 16.6 Å². The Balaban J connectivity index is 1.27. The molecule has 2 amide bonds. The molecule has 0 aliphatic carbocycles. The maximum atomic E-state index is 13.0. The van der Waals surface area contributed by atoms with Crippen molar-refractivity contribution in [3.63, 3.8) is 0 Å². The van der Waals surface area contributed by atoms with E-state index in [4.69, 9.17) is 0 Å². The summed E-state index contributed by atoms with van der Waals surface area (Å²) < 4.78 is 2.95. The van der Waals surface area contributed by atoms with Gasteiger partial charge in [-0.3, -0.25) is 9.78 Å². The predicted molar refractivity (Wildman–Crippen MR) is 134 cm³/mol. The summed E-state index contributed by atoms with van der Waals surface area (Å²) in [5, 5.41) is 7.27. The standard InChI is InChI=1S/C26H26N6O3/c1-30-17-20(18-8-4-2-5-9-18)16-22(24(30)33)27-25(34)31-14-12-21(13-15-31)32-26(35)28-23(29-32)19-10-6-3-7-11-19/h2-11,16-17,21H,12-15H2,1H3,(H,27,34)(H,28,29,35). The van der Waals surface area contributed by atoms with E-state index in [1.165, 1.54) is 9.25 Å². The average Bonchev–Trinajstić information content (AvgIpc) is 3.29. The Morgan fingerprint density at radius 2 is 1.57 bits per heavy atom. The van der Waals surface area contributed by atoms with Gasteiger partial charge in [0.2, 0.25) is 0 Å². The highest BCUT2D eigenvalue weighted by molar-refractivity contribution is 5.90. The van der Waals surface area contributed by atoms with Gasteiger partial charge in [-0.25, -0.2) is 14.3 Å². The number of urea groups is 1. The van der Waals surface area contributed by atoms with E-state index >= 15 is 0 Å². The van der Waals surface area contributed by atoms with E-state index in [1.54, 1.807) is 24.2 Å².